The van der Waals surface area contributed by atoms with Crippen LogP contribution in [0.2, 0.25) is 5.15 Å². The smallest absolute Gasteiger partial charge is 0.264 e. The second kappa shape index (κ2) is 7.28. The number of halogens is 1. The Morgan fingerprint density at radius 1 is 1.07 bits per heavy atom. The number of anilines is 1. The first-order valence-corrected chi connectivity index (χ1v) is 10.6. The number of benzene rings is 1. The number of aromatic nitrogens is 4. The summed E-state index contributed by atoms with van der Waals surface area (Å²) in [5.41, 5.74) is 1.24. The lowest BCUT2D eigenvalue weighted by Crippen LogP contribution is -2.14. The lowest BCUT2D eigenvalue weighted by atomic mass is 10.2. The van der Waals surface area contributed by atoms with Crippen molar-refractivity contribution in [3.05, 3.63) is 53.6 Å². The first-order valence-electron chi connectivity index (χ1n) is 8.70. The quantitative estimate of drug-likeness (QED) is 0.673. The first-order chi connectivity index (χ1) is 13.0. The maximum absolute atomic E-state index is 12.6. The summed E-state index contributed by atoms with van der Waals surface area (Å²) in [5.74, 6) is 1.74. The van der Waals surface area contributed by atoms with Crippen molar-refractivity contribution in [1.82, 2.24) is 19.7 Å². The number of nitrogens with zero attached hydrogens (tertiary/aromatic N) is 4. The molecule has 7 nitrogen and oxygen atoms in total. The zero-order valence-electron chi connectivity index (χ0n) is 14.5. The number of hydrogen-bond acceptors (Lipinski definition) is 5. The fourth-order valence-electron chi connectivity index (χ4n) is 3.20. The standard InChI is InChI=1S/C18H18ClN5O2S/c19-17-15(8-5-10-20-17)27(25,26)23-14-7-4-6-13(12-14)18-22-21-16-9-2-1-3-11-24(16)18/h4-8,10,12,23H,1-3,9,11H2. The van der Waals surface area contributed by atoms with Crippen molar-refractivity contribution in [2.24, 2.45) is 0 Å². The minimum absolute atomic E-state index is 0.0617. The minimum Gasteiger partial charge on any atom is -0.311 e. The number of fused-ring (bicyclic) bond motifs is 1. The molecular weight excluding hydrogens is 386 g/mol. The van der Waals surface area contributed by atoms with Crippen molar-refractivity contribution < 1.29 is 8.42 Å². The highest BCUT2D eigenvalue weighted by atomic mass is 35.5. The topological polar surface area (TPSA) is 89.8 Å². The highest BCUT2D eigenvalue weighted by molar-refractivity contribution is 7.92. The van der Waals surface area contributed by atoms with Gasteiger partial charge in [-0.3, -0.25) is 4.72 Å². The summed E-state index contributed by atoms with van der Waals surface area (Å²) >= 11 is 5.93. The molecule has 2 aromatic heterocycles. The molecule has 0 bridgehead atoms. The van der Waals surface area contributed by atoms with E-state index in [2.05, 4.69) is 24.5 Å². The van der Waals surface area contributed by atoms with Crippen LogP contribution in [0.25, 0.3) is 11.4 Å². The lowest BCUT2D eigenvalue weighted by Gasteiger charge is -2.11. The molecule has 0 fully saturated rings. The molecule has 0 saturated heterocycles. The Labute approximate surface area is 162 Å². The Balaban J connectivity index is 1.66. The van der Waals surface area contributed by atoms with Gasteiger partial charge in [-0.05, 0) is 37.1 Å². The van der Waals surface area contributed by atoms with E-state index < -0.39 is 10.0 Å². The number of aryl methyl sites for hydroxylation is 1. The van der Waals surface area contributed by atoms with Gasteiger partial charge in [-0.1, -0.05) is 30.2 Å². The second-order valence-electron chi connectivity index (χ2n) is 6.38. The summed E-state index contributed by atoms with van der Waals surface area (Å²) in [6, 6.07) is 10.1. The Kier molecular flexibility index (Phi) is 4.84. The third-order valence-electron chi connectivity index (χ3n) is 4.50. The normalized spacial score (nSPS) is 14.4. The maximum Gasteiger partial charge on any atom is 0.264 e. The molecule has 0 saturated carbocycles. The molecule has 27 heavy (non-hydrogen) atoms. The van der Waals surface area contributed by atoms with E-state index in [1.807, 2.05) is 6.07 Å². The van der Waals surface area contributed by atoms with Crippen molar-refractivity contribution >= 4 is 27.3 Å². The summed E-state index contributed by atoms with van der Waals surface area (Å²) in [6.45, 7) is 0.874. The van der Waals surface area contributed by atoms with Crippen LogP contribution in [-0.4, -0.2) is 28.2 Å². The number of sulfonamides is 1. The van der Waals surface area contributed by atoms with Crippen LogP contribution in [0.3, 0.4) is 0 Å². The second-order valence-corrected chi connectivity index (χ2v) is 8.39. The van der Waals surface area contributed by atoms with Crippen LogP contribution in [0.1, 0.15) is 25.1 Å². The fraction of sp³-hybridized carbons (Fsp3) is 0.278. The van der Waals surface area contributed by atoms with E-state index in [9.17, 15) is 8.42 Å². The van der Waals surface area contributed by atoms with Gasteiger partial charge in [0.05, 0.1) is 0 Å². The molecule has 0 aliphatic carbocycles. The minimum atomic E-state index is -3.84. The van der Waals surface area contributed by atoms with Crippen LogP contribution < -0.4 is 4.72 Å². The van der Waals surface area contributed by atoms with Gasteiger partial charge in [0.25, 0.3) is 10.0 Å². The van der Waals surface area contributed by atoms with Gasteiger partial charge in [-0.25, -0.2) is 13.4 Å². The molecule has 0 amide bonds. The van der Waals surface area contributed by atoms with Crippen LogP contribution in [0.5, 0.6) is 0 Å². The predicted molar refractivity (Wildman–Crippen MR) is 103 cm³/mol. The van der Waals surface area contributed by atoms with E-state index in [0.717, 1.165) is 43.0 Å². The average Bonchev–Trinajstić information content (AvgIpc) is 2.90. The van der Waals surface area contributed by atoms with Gasteiger partial charge in [0.2, 0.25) is 0 Å². The maximum atomic E-state index is 12.6. The molecule has 9 heteroatoms. The molecule has 1 aromatic carbocycles. The van der Waals surface area contributed by atoms with Crippen molar-refractivity contribution in [3.63, 3.8) is 0 Å². The van der Waals surface area contributed by atoms with Gasteiger partial charge < -0.3 is 4.57 Å². The SMILES string of the molecule is O=S(=O)(Nc1cccc(-c2nnc3n2CCCCC3)c1)c1cccnc1Cl. The summed E-state index contributed by atoms with van der Waals surface area (Å²) < 4.78 is 29.9. The van der Waals surface area contributed by atoms with Gasteiger partial charge in [0.1, 0.15) is 15.9 Å². The molecule has 3 heterocycles. The number of hydrogen-bond donors (Lipinski definition) is 1. The summed E-state index contributed by atoms with van der Waals surface area (Å²) in [6.07, 6.45) is 5.74. The van der Waals surface area contributed by atoms with Gasteiger partial charge in [0, 0.05) is 30.4 Å². The van der Waals surface area contributed by atoms with E-state index in [-0.39, 0.29) is 10.0 Å². The van der Waals surface area contributed by atoms with E-state index in [4.69, 9.17) is 11.6 Å². The van der Waals surface area contributed by atoms with Crippen LogP contribution in [-0.2, 0) is 23.0 Å². The van der Waals surface area contributed by atoms with Crippen molar-refractivity contribution in [2.45, 2.75) is 37.1 Å². The first kappa shape index (κ1) is 17.9. The number of rotatable bonds is 4. The van der Waals surface area contributed by atoms with Gasteiger partial charge in [0.15, 0.2) is 5.82 Å². The molecule has 0 radical (unpaired) electrons. The molecule has 0 spiro atoms. The Hall–Kier alpha value is -2.45. The summed E-state index contributed by atoms with van der Waals surface area (Å²) in [7, 11) is -3.84. The third kappa shape index (κ3) is 3.68. The third-order valence-corrected chi connectivity index (χ3v) is 6.32. The predicted octanol–water partition coefficient (Wildman–Crippen LogP) is 3.52. The fourth-order valence-corrected chi connectivity index (χ4v) is 4.71. The van der Waals surface area contributed by atoms with E-state index in [1.54, 1.807) is 18.2 Å². The largest absolute Gasteiger partial charge is 0.311 e. The molecule has 1 aliphatic heterocycles. The van der Waals surface area contributed by atoms with Crippen LogP contribution >= 0.6 is 11.6 Å². The Morgan fingerprint density at radius 3 is 2.81 bits per heavy atom. The molecule has 1 N–H and O–H groups in total. The monoisotopic (exact) mass is 403 g/mol. The molecule has 4 rings (SSSR count). The molecule has 1 aliphatic rings. The highest BCUT2D eigenvalue weighted by Gasteiger charge is 2.20. The Bertz CT molecular complexity index is 1080. The van der Waals surface area contributed by atoms with E-state index in [0.29, 0.717) is 5.69 Å². The van der Waals surface area contributed by atoms with Crippen molar-refractivity contribution in [3.8, 4) is 11.4 Å². The lowest BCUT2D eigenvalue weighted by molar-refractivity contribution is 0.601. The highest BCUT2D eigenvalue weighted by Crippen LogP contribution is 2.27. The van der Waals surface area contributed by atoms with Gasteiger partial charge in [-0.15, -0.1) is 10.2 Å². The average molecular weight is 404 g/mol. The van der Waals surface area contributed by atoms with Crippen LogP contribution in [0, 0.1) is 0 Å². The van der Waals surface area contributed by atoms with E-state index >= 15 is 0 Å². The zero-order valence-corrected chi connectivity index (χ0v) is 16.0. The van der Waals surface area contributed by atoms with Crippen LogP contribution in [0.4, 0.5) is 5.69 Å². The number of nitrogens with one attached hydrogen (secondary N) is 1. The molecule has 0 unspecified atom stereocenters. The molecular formula is C18H18ClN5O2S. The zero-order chi connectivity index (χ0) is 18.9. The van der Waals surface area contributed by atoms with E-state index in [1.165, 1.54) is 24.8 Å². The van der Waals surface area contributed by atoms with Crippen LogP contribution in [0.15, 0.2) is 47.5 Å². The molecule has 3 aromatic rings. The Morgan fingerprint density at radius 2 is 1.96 bits per heavy atom. The number of pyridine rings is 1. The van der Waals surface area contributed by atoms with Crippen molar-refractivity contribution in [1.29, 1.82) is 0 Å². The van der Waals surface area contributed by atoms with Crippen molar-refractivity contribution in [2.75, 3.05) is 4.72 Å². The van der Waals surface area contributed by atoms with Gasteiger partial charge in [-0.2, -0.15) is 0 Å². The summed E-state index contributed by atoms with van der Waals surface area (Å²) in [5, 5.41) is 8.56. The summed E-state index contributed by atoms with van der Waals surface area (Å²) in [4.78, 5) is 3.77. The van der Waals surface area contributed by atoms with Gasteiger partial charge >= 0.3 is 0 Å². The molecule has 140 valence electrons. The molecule has 0 atom stereocenters.